The molecule has 2 heterocycles. The highest BCUT2D eigenvalue weighted by molar-refractivity contribution is 8.27. The zero-order valence-corrected chi connectivity index (χ0v) is 15.8. The number of rotatable bonds is 3. The number of hydrogen-bond donors (Lipinski definition) is 0. The number of carbonyl (C=O) groups excluding carboxylic acids is 1. The highest BCUT2D eigenvalue weighted by Gasteiger charge is 2.34. The number of thioether (sulfide) groups is 1. The molecule has 4 rings (SSSR count). The van der Waals surface area contributed by atoms with Crippen molar-refractivity contribution in [2.75, 3.05) is 11.7 Å². The molecular weight excluding hydrogens is 412 g/mol. The number of ether oxygens (including phenoxy) is 2. The molecule has 2 aliphatic heterocycles. The third kappa shape index (κ3) is 3.25. The average molecular weight is 421 g/mol. The number of benzene rings is 2. The van der Waals surface area contributed by atoms with Crippen LogP contribution in [-0.4, -0.2) is 21.9 Å². The predicted octanol–water partition coefficient (Wildman–Crippen LogP) is 4.38. The fourth-order valence-corrected chi connectivity index (χ4v) is 4.14. The maximum absolute atomic E-state index is 12.8. The molecule has 2 aromatic rings. The van der Waals surface area contributed by atoms with Crippen LogP contribution in [0, 0.1) is 10.1 Å². The van der Waals surface area contributed by atoms with E-state index in [0.717, 1.165) is 11.8 Å². The van der Waals surface area contributed by atoms with Gasteiger partial charge < -0.3 is 9.47 Å². The van der Waals surface area contributed by atoms with Crippen molar-refractivity contribution in [3.8, 4) is 11.5 Å². The van der Waals surface area contributed by atoms with Crippen molar-refractivity contribution >= 4 is 63.3 Å². The van der Waals surface area contributed by atoms with E-state index >= 15 is 0 Å². The third-order valence-corrected chi connectivity index (χ3v) is 5.40. The van der Waals surface area contributed by atoms with Gasteiger partial charge in [0, 0.05) is 5.02 Å². The largest absolute Gasteiger partial charge is 0.454 e. The van der Waals surface area contributed by atoms with Gasteiger partial charge in [0.25, 0.3) is 11.6 Å². The SMILES string of the molecule is O=C1/C(=C\c2cc3c(cc2[N+](=O)[O-])OCO3)SC(=S)N1c1cccc(Cl)c1. The van der Waals surface area contributed by atoms with E-state index in [1.165, 1.54) is 23.1 Å². The summed E-state index contributed by atoms with van der Waals surface area (Å²) in [5, 5.41) is 11.9. The van der Waals surface area contributed by atoms with Crippen LogP contribution in [0.15, 0.2) is 41.3 Å². The van der Waals surface area contributed by atoms with Crippen LogP contribution in [0.2, 0.25) is 5.02 Å². The smallest absolute Gasteiger partial charge is 0.280 e. The zero-order valence-electron chi connectivity index (χ0n) is 13.4. The minimum Gasteiger partial charge on any atom is -0.454 e. The summed E-state index contributed by atoms with van der Waals surface area (Å²) in [6.07, 6.45) is 1.43. The van der Waals surface area contributed by atoms with Crippen molar-refractivity contribution < 1.29 is 19.2 Å². The average Bonchev–Trinajstić information content (AvgIpc) is 3.18. The molecule has 0 bridgehead atoms. The molecule has 1 amide bonds. The number of thiocarbonyl (C=S) groups is 1. The second kappa shape index (κ2) is 6.84. The summed E-state index contributed by atoms with van der Waals surface area (Å²) in [6.45, 7) is -0.00712. The lowest BCUT2D eigenvalue weighted by molar-refractivity contribution is -0.385. The van der Waals surface area contributed by atoms with Crippen LogP contribution >= 0.6 is 35.6 Å². The van der Waals surface area contributed by atoms with Crippen molar-refractivity contribution in [1.82, 2.24) is 0 Å². The van der Waals surface area contributed by atoms with Gasteiger partial charge >= 0.3 is 0 Å². The number of hydrogen-bond acceptors (Lipinski definition) is 7. The second-order valence-corrected chi connectivity index (χ2v) is 7.63. The fraction of sp³-hybridized carbons (Fsp3) is 0.0588. The third-order valence-electron chi connectivity index (χ3n) is 3.87. The minimum absolute atomic E-state index is 0.00712. The van der Waals surface area contributed by atoms with Crippen LogP contribution in [0.3, 0.4) is 0 Å². The molecule has 0 radical (unpaired) electrons. The molecule has 0 aromatic heterocycles. The number of fused-ring (bicyclic) bond motifs is 1. The predicted molar refractivity (Wildman–Crippen MR) is 106 cm³/mol. The summed E-state index contributed by atoms with van der Waals surface area (Å²) in [5.41, 5.74) is 0.580. The zero-order chi connectivity index (χ0) is 19.1. The van der Waals surface area contributed by atoms with Crippen molar-refractivity contribution in [2.45, 2.75) is 0 Å². The number of anilines is 1. The molecule has 1 saturated heterocycles. The van der Waals surface area contributed by atoms with E-state index in [4.69, 9.17) is 33.3 Å². The number of carbonyl (C=O) groups is 1. The van der Waals surface area contributed by atoms with Crippen molar-refractivity contribution in [1.29, 1.82) is 0 Å². The molecule has 0 unspecified atom stereocenters. The number of nitro benzene ring substituents is 1. The Morgan fingerprint density at radius 1 is 1.26 bits per heavy atom. The van der Waals surface area contributed by atoms with Gasteiger partial charge in [0.1, 0.15) is 0 Å². The minimum atomic E-state index is -0.536. The first kappa shape index (κ1) is 17.8. The normalized spacial score (nSPS) is 17.1. The molecule has 10 heteroatoms. The maximum Gasteiger partial charge on any atom is 0.280 e. The Bertz CT molecular complexity index is 1040. The van der Waals surface area contributed by atoms with Crippen LogP contribution in [0.4, 0.5) is 11.4 Å². The first-order chi connectivity index (χ1) is 12.9. The number of nitro groups is 1. The van der Waals surface area contributed by atoms with E-state index in [-0.39, 0.29) is 28.9 Å². The summed E-state index contributed by atoms with van der Waals surface area (Å²) in [7, 11) is 0. The molecule has 136 valence electrons. The van der Waals surface area contributed by atoms with Gasteiger partial charge in [-0.3, -0.25) is 19.8 Å². The van der Waals surface area contributed by atoms with Gasteiger partial charge in [-0.05, 0) is 30.3 Å². The maximum atomic E-state index is 12.8. The molecule has 2 aliphatic rings. The van der Waals surface area contributed by atoms with E-state index < -0.39 is 4.92 Å². The molecule has 0 atom stereocenters. The van der Waals surface area contributed by atoms with Gasteiger partial charge in [-0.2, -0.15) is 0 Å². The first-order valence-corrected chi connectivity index (χ1v) is 9.16. The van der Waals surface area contributed by atoms with E-state index in [1.54, 1.807) is 24.3 Å². The lowest BCUT2D eigenvalue weighted by Crippen LogP contribution is -2.27. The van der Waals surface area contributed by atoms with E-state index in [9.17, 15) is 14.9 Å². The highest BCUT2D eigenvalue weighted by atomic mass is 35.5. The molecular formula is C17H9ClN2O5S2. The monoisotopic (exact) mass is 420 g/mol. The van der Waals surface area contributed by atoms with E-state index in [0.29, 0.717) is 26.5 Å². The van der Waals surface area contributed by atoms with Gasteiger partial charge in [0.15, 0.2) is 15.8 Å². The molecule has 0 aliphatic carbocycles. The van der Waals surface area contributed by atoms with Crippen LogP contribution in [0.1, 0.15) is 5.56 Å². The quantitative estimate of drug-likeness (QED) is 0.315. The summed E-state index contributed by atoms with van der Waals surface area (Å²) in [4.78, 5) is 25.3. The van der Waals surface area contributed by atoms with Gasteiger partial charge in [-0.25, -0.2) is 0 Å². The molecule has 0 spiro atoms. The number of nitrogens with zero attached hydrogens (tertiary/aromatic N) is 2. The molecule has 7 nitrogen and oxygen atoms in total. The molecule has 0 saturated carbocycles. The Hall–Kier alpha value is -2.62. The Labute approximate surface area is 167 Å². The lowest BCUT2D eigenvalue weighted by Gasteiger charge is -2.14. The lowest BCUT2D eigenvalue weighted by atomic mass is 10.1. The van der Waals surface area contributed by atoms with Crippen molar-refractivity contribution in [2.24, 2.45) is 0 Å². The Morgan fingerprint density at radius 3 is 2.70 bits per heavy atom. The summed E-state index contributed by atoms with van der Waals surface area (Å²) in [5.74, 6) is 0.307. The van der Waals surface area contributed by atoms with Gasteiger partial charge in [-0.15, -0.1) is 0 Å². The van der Waals surface area contributed by atoms with Crippen molar-refractivity contribution in [3.05, 3.63) is 62.0 Å². The standard InChI is InChI=1S/C17H9ClN2O5S2/c18-10-2-1-3-11(6-10)19-16(21)15(27-17(19)26)5-9-4-13-14(25-8-24-13)7-12(9)20(22)23/h1-7H,8H2/b15-5+. The second-order valence-electron chi connectivity index (χ2n) is 5.52. The van der Waals surface area contributed by atoms with E-state index in [2.05, 4.69) is 0 Å². The number of amides is 1. The van der Waals surface area contributed by atoms with Crippen LogP contribution < -0.4 is 14.4 Å². The summed E-state index contributed by atoms with van der Waals surface area (Å²) >= 11 is 12.4. The summed E-state index contributed by atoms with van der Waals surface area (Å²) in [6, 6.07) is 9.50. The van der Waals surface area contributed by atoms with Gasteiger partial charge in [-0.1, -0.05) is 41.6 Å². The summed E-state index contributed by atoms with van der Waals surface area (Å²) < 4.78 is 10.8. The van der Waals surface area contributed by atoms with Gasteiger partial charge in [0.05, 0.1) is 27.1 Å². The van der Waals surface area contributed by atoms with Crippen LogP contribution in [0.25, 0.3) is 6.08 Å². The Morgan fingerprint density at radius 2 is 2.00 bits per heavy atom. The number of halogens is 1. The van der Waals surface area contributed by atoms with Crippen molar-refractivity contribution in [3.63, 3.8) is 0 Å². The first-order valence-electron chi connectivity index (χ1n) is 7.55. The van der Waals surface area contributed by atoms with Crippen LogP contribution in [-0.2, 0) is 4.79 Å². The molecule has 1 fully saturated rings. The molecule has 2 aromatic carbocycles. The Balaban J connectivity index is 1.74. The van der Waals surface area contributed by atoms with Gasteiger partial charge in [0.2, 0.25) is 6.79 Å². The molecule has 27 heavy (non-hydrogen) atoms. The van der Waals surface area contributed by atoms with Crippen LogP contribution in [0.5, 0.6) is 11.5 Å². The Kier molecular flexibility index (Phi) is 4.50. The highest BCUT2D eigenvalue weighted by Crippen LogP contribution is 2.41. The molecule has 0 N–H and O–H groups in total. The van der Waals surface area contributed by atoms with E-state index in [1.807, 2.05) is 0 Å². The fourth-order valence-electron chi connectivity index (χ4n) is 2.67. The topological polar surface area (TPSA) is 81.9 Å².